The Morgan fingerprint density at radius 2 is 2.15 bits per heavy atom. The van der Waals surface area contributed by atoms with Gasteiger partial charge in [-0.1, -0.05) is 12.8 Å². The Bertz CT molecular complexity index is 456. The van der Waals surface area contributed by atoms with Gasteiger partial charge in [-0.15, -0.1) is 0 Å². The van der Waals surface area contributed by atoms with Gasteiger partial charge in [-0.2, -0.15) is 0 Å². The van der Waals surface area contributed by atoms with E-state index in [9.17, 15) is 4.79 Å². The largest absolute Gasteiger partial charge is 0.497 e. The quantitative estimate of drug-likeness (QED) is 0.829. The van der Waals surface area contributed by atoms with E-state index in [-0.39, 0.29) is 12.5 Å². The van der Waals surface area contributed by atoms with Crippen molar-refractivity contribution in [2.75, 3.05) is 13.7 Å². The van der Waals surface area contributed by atoms with Crippen LogP contribution in [0.5, 0.6) is 11.5 Å². The Labute approximate surface area is 119 Å². The Morgan fingerprint density at radius 1 is 1.40 bits per heavy atom. The summed E-state index contributed by atoms with van der Waals surface area (Å²) in [6.45, 7) is 0.368. The van der Waals surface area contributed by atoms with E-state index in [1.807, 2.05) is 6.07 Å². The summed E-state index contributed by atoms with van der Waals surface area (Å²) >= 11 is 0. The Kier molecular flexibility index (Phi) is 5.24. The molecule has 0 atom stereocenters. The zero-order valence-electron chi connectivity index (χ0n) is 11.9. The summed E-state index contributed by atoms with van der Waals surface area (Å²) in [5.74, 6) is 1.29. The summed E-state index contributed by atoms with van der Waals surface area (Å²) in [6.07, 6.45) is 4.54. The number of hydrogen-bond acceptors (Lipinski definition) is 4. The molecule has 0 aromatic heterocycles. The molecule has 0 heterocycles. The fourth-order valence-electron chi connectivity index (χ4n) is 2.47. The van der Waals surface area contributed by atoms with E-state index in [4.69, 9.17) is 15.2 Å². The van der Waals surface area contributed by atoms with Crippen LogP contribution in [-0.4, -0.2) is 25.7 Å². The van der Waals surface area contributed by atoms with Crippen molar-refractivity contribution in [2.24, 2.45) is 5.73 Å². The van der Waals surface area contributed by atoms with Gasteiger partial charge in [0, 0.05) is 18.2 Å². The first-order valence-electron chi connectivity index (χ1n) is 7.02. The van der Waals surface area contributed by atoms with E-state index in [1.165, 1.54) is 12.8 Å². The zero-order chi connectivity index (χ0) is 14.4. The molecule has 0 saturated heterocycles. The van der Waals surface area contributed by atoms with E-state index in [0.717, 1.165) is 24.2 Å². The van der Waals surface area contributed by atoms with Gasteiger partial charge in [0.15, 0.2) is 6.61 Å². The lowest BCUT2D eigenvalue weighted by Crippen LogP contribution is -2.36. The van der Waals surface area contributed by atoms with E-state index >= 15 is 0 Å². The summed E-state index contributed by atoms with van der Waals surface area (Å²) in [7, 11) is 1.60. The van der Waals surface area contributed by atoms with Crippen LogP contribution in [0.15, 0.2) is 18.2 Å². The predicted molar refractivity (Wildman–Crippen MR) is 76.8 cm³/mol. The molecule has 3 N–H and O–H groups in total. The van der Waals surface area contributed by atoms with Crippen molar-refractivity contribution >= 4 is 5.91 Å². The minimum Gasteiger partial charge on any atom is -0.497 e. The van der Waals surface area contributed by atoms with Crippen molar-refractivity contribution in [3.63, 3.8) is 0 Å². The van der Waals surface area contributed by atoms with Gasteiger partial charge in [0.05, 0.1) is 7.11 Å². The Balaban J connectivity index is 1.87. The third-order valence-corrected chi connectivity index (χ3v) is 3.57. The average molecular weight is 278 g/mol. The average Bonchev–Trinajstić information content (AvgIpc) is 2.97. The molecule has 1 aliphatic carbocycles. The molecule has 0 aliphatic heterocycles. The fourth-order valence-corrected chi connectivity index (χ4v) is 2.47. The number of ether oxygens (including phenoxy) is 2. The molecule has 5 heteroatoms. The van der Waals surface area contributed by atoms with Crippen LogP contribution in [0.4, 0.5) is 0 Å². The molecule has 110 valence electrons. The van der Waals surface area contributed by atoms with Crippen LogP contribution in [0.25, 0.3) is 0 Å². The van der Waals surface area contributed by atoms with Crippen LogP contribution >= 0.6 is 0 Å². The van der Waals surface area contributed by atoms with Crippen molar-refractivity contribution in [2.45, 2.75) is 38.3 Å². The Hall–Kier alpha value is -1.75. The minimum atomic E-state index is -0.0734. The highest BCUT2D eigenvalue weighted by Gasteiger charge is 2.17. The SMILES string of the molecule is COc1ccc(OCC(=O)NC2CCCC2)c(CN)c1. The zero-order valence-corrected chi connectivity index (χ0v) is 11.9. The molecule has 0 spiro atoms. The first-order chi connectivity index (χ1) is 9.72. The molecule has 1 aliphatic rings. The molecular weight excluding hydrogens is 256 g/mol. The third kappa shape index (κ3) is 3.87. The second-order valence-corrected chi connectivity index (χ2v) is 5.02. The molecule has 1 fully saturated rings. The van der Waals surface area contributed by atoms with Crippen molar-refractivity contribution in [1.82, 2.24) is 5.32 Å². The number of carbonyl (C=O) groups excluding carboxylic acids is 1. The molecule has 0 bridgehead atoms. The van der Waals surface area contributed by atoms with Gasteiger partial charge in [-0.3, -0.25) is 4.79 Å². The first-order valence-corrected chi connectivity index (χ1v) is 7.02. The van der Waals surface area contributed by atoms with Crippen LogP contribution in [0.2, 0.25) is 0 Å². The van der Waals surface area contributed by atoms with Gasteiger partial charge < -0.3 is 20.5 Å². The van der Waals surface area contributed by atoms with Gasteiger partial charge in [0.25, 0.3) is 5.91 Å². The number of nitrogens with two attached hydrogens (primary N) is 1. The third-order valence-electron chi connectivity index (χ3n) is 3.57. The van der Waals surface area contributed by atoms with E-state index in [0.29, 0.717) is 18.3 Å². The molecule has 20 heavy (non-hydrogen) atoms. The molecule has 1 aromatic carbocycles. The number of rotatable bonds is 6. The molecule has 2 rings (SSSR count). The fraction of sp³-hybridized carbons (Fsp3) is 0.533. The maximum absolute atomic E-state index is 11.8. The lowest BCUT2D eigenvalue weighted by molar-refractivity contribution is -0.123. The number of nitrogens with one attached hydrogen (secondary N) is 1. The molecular formula is C15H22N2O3. The van der Waals surface area contributed by atoms with Crippen LogP contribution in [0.3, 0.4) is 0 Å². The van der Waals surface area contributed by atoms with Crippen LogP contribution in [-0.2, 0) is 11.3 Å². The molecule has 0 radical (unpaired) electrons. The molecule has 0 unspecified atom stereocenters. The number of amides is 1. The van der Waals surface area contributed by atoms with Crippen molar-refractivity contribution < 1.29 is 14.3 Å². The maximum atomic E-state index is 11.8. The molecule has 1 saturated carbocycles. The predicted octanol–water partition coefficient (Wildman–Crippen LogP) is 1.59. The summed E-state index contributed by atoms with van der Waals surface area (Å²) in [4.78, 5) is 11.8. The maximum Gasteiger partial charge on any atom is 0.258 e. The summed E-state index contributed by atoms with van der Waals surface area (Å²) in [5, 5.41) is 2.99. The lowest BCUT2D eigenvalue weighted by atomic mass is 10.2. The number of methoxy groups -OCH3 is 1. The van der Waals surface area contributed by atoms with Crippen LogP contribution in [0, 0.1) is 0 Å². The van der Waals surface area contributed by atoms with E-state index in [2.05, 4.69) is 5.32 Å². The second-order valence-electron chi connectivity index (χ2n) is 5.02. The normalized spacial score (nSPS) is 15.1. The molecule has 1 aromatic rings. The van der Waals surface area contributed by atoms with Gasteiger partial charge in [0.1, 0.15) is 11.5 Å². The van der Waals surface area contributed by atoms with E-state index < -0.39 is 0 Å². The monoisotopic (exact) mass is 278 g/mol. The molecule has 1 amide bonds. The number of carbonyl (C=O) groups is 1. The van der Waals surface area contributed by atoms with Crippen LogP contribution in [0.1, 0.15) is 31.2 Å². The standard InChI is InChI=1S/C15H22N2O3/c1-19-13-6-7-14(11(8-13)9-16)20-10-15(18)17-12-4-2-3-5-12/h6-8,12H,2-5,9-10,16H2,1H3,(H,17,18). The van der Waals surface area contributed by atoms with Gasteiger partial charge in [-0.25, -0.2) is 0 Å². The first kappa shape index (κ1) is 14.7. The van der Waals surface area contributed by atoms with Crippen molar-refractivity contribution in [1.29, 1.82) is 0 Å². The molecule has 5 nitrogen and oxygen atoms in total. The summed E-state index contributed by atoms with van der Waals surface area (Å²) < 4.78 is 10.7. The van der Waals surface area contributed by atoms with Gasteiger partial charge in [0.2, 0.25) is 0 Å². The topological polar surface area (TPSA) is 73.6 Å². The number of benzene rings is 1. The van der Waals surface area contributed by atoms with Gasteiger partial charge in [-0.05, 0) is 31.0 Å². The number of hydrogen-bond donors (Lipinski definition) is 2. The lowest BCUT2D eigenvalue weighted by Gasteiger charge is -2.14. The highest BCUT2D eigenvalue weighted by Crippen LogP contribution is 2.23. The summed E-state index contributed by atoms with van der Waals surface area (Å²) in [5.41, 5.74) is 6.51. The highest BCUT2D eigenvalue weighted by molar-refractivity contribution is 5.77. The highest BCUT2D eigenvalue weighted by atomic mass is 16.5. The Morgan fingerprint density at radius 3 is 2.80 bits per heavy atom. The summed E-state index contributed by atoms with van der Waals surface area (Å²) in [6, 6.07) is 5.72. The van der Waals surface area contributed by atoms with E-state index in [1.54, 1.807) is 19.2 Å². The van der Waals surface area contributed by atoms with Crippen molar-refractivity contribution in [3.05, 3.63) is 23.8 Å². The second kappa shape index (κ2) is 7.14. The smallest absolute Gasteiger partial charge is 0.258 e. The van der Waals surface area contributed by atoms with Gasteiger partial charge >= 0.3 is 0 Å². The minimum absolute atomic E-state index is 0.0236. The van der Waals surface area contributed by atoms with Crippen molar-refractivity contribution in [3.8, 4) is 11.5 Å². The van der Waals surface area contributed by atoms with Crippen LogP contribution < -0.4 is 20.5 Å².